The lowest BCUT2D eigenvalue weighted by molar-refractivity contribution is 0.0876. The smallest absolute Gasteiger partial charge is 0.252 e. The minimum atomic E-state index is 0.0618. The molecule has 1 N–H and O–H groups in total. The molecule has 22 heavy (non-hydrogen) atoms. The van der Waals surface area contributed by atoms with Crippen molar-refractivity contribution in [3.8, 4) is 0 Å². The molecule has 2 aromatic carbocycles. The largest absolute Gasteiger partial charge is 0.349 e. The average Bonchev–Trinajstić information content (AvgIpc) is 2.44. The Morgan fingerprint density at radius 3 is 2.59 bits per heavy atom. The molecule has 0 bridgehead atoms. The van der Waals surface area contributed by atoms with Crippen molar-refractivity contribution in [3.63, 3.8) is 0 Å². The topological polar surface area (TPSA) is 29.1 Å². The molecule has 2 atom stereocenters. The second kappa shape index (κ2) is 5.75. The third kappa shape index (κ3) is 3.16. The predicted molar refractivity (Wildman–Crippen MR) is 92.0 cm³/mol. The van der Waals surface area contributed by atoms with E-state index in [4.69, 9.17) is 0 Å². The number of amides is 1. The molecular formula is C20H25NO. The number of nitrogens with one attached hydrogen (secondary N) is 1. The Labute approximate surface area is 132 Å². The second-order valence-corrected chi connectivity index (χ2v) is 7.61. The van der Waals surface area contributed by atoms with E-state index >= 15 is 0 Å². The van der Waals surface area contributed by atoms with Gasteiger partial charge in [0.1, 0.15) is 0 Å². The van der Waals surface area contributed by atoms with Crippen LogP contribution in [0.3, 0.4) is 0 Å². The normalized spacial score (nSPS) is 24.1. The van der Waals surface area contributed by atoms with Crippen molar-refractivity contribution < 1.29 is 4.79 Å². The summed E-state index contributed by atoms with van der Waals surface area (Å²) in [6.07, 6.45) is 3.39. The fourth-order valence-corrected chi connectivity index (χ4v) is 4.14. The first-order chi connectivity index (χ1) is 10.4. The summed E-state index contributed by atoms with van der Waals surface area (Å²) in [5, 5.41) is 5.43. The van der Waals surface area contributed by atoms with Gasteiger partial charge in [0.25, 0.3) is 5.91 Å². The van der Waals surface area contributed by atoms with Crippen LogP contribution < -0.4 is 5.32 Å². The summed E-state index contributed by atoms with van der Waals surface area (Å²) in [4.78, 5) is 12.7. The fourth-order valence-electron chi connectivity index (χ4n) is 4.14. The van der Waals surface area contributed by atoms with E-state index in [0.717, 1.165) is 29.2 Å². The minimum absolute atomic E-state index is 0.0618. The van der Waals surface area contributed by atoms with Gasteiger partial charge in [0, 0.05) is 11.6 Å². The highest BCUT2D eigenvalue weighted by atomic mass is 16.1. The molecule has 0 spiro atoms. The molecule has 1 aliphatic carbocycles. The van der Waals surface area contributed by atoms with Gasteiger partial charge in [0.2, 0.25) is 0 Å². The number of carbonyl (C=O) groups excluding carboxylic acids is 1. The number of carbonyl (C=O) groups is 1. The molecule has 1 aliphatic rings. The number of benzene rings is 2. The number of hydrogen-bond donors (Lipinski definition) is 1. The Morgan fingerprint density at radius 2 is 1.82 bits per heavy atom. The summed E-state index contributed by atoms with van der Waals surface area (Å²) < 4.78 is 0. The summed E-state index contributed by atoms with van der Waals surface area (Å²) in [5.74, 6) is 0.730. The Bertz CT molecular complexity index is 684. The molecule has 2 aromatic rings. The Morgan fingerprint density at radius 1 is 1.09 bits per heavy atom. The molecule has 1 saturated carbocycles. The van der Waals surface area contributed by atoms with E-state index in [-0.39, 0.29) is 11.9 Å². The van der Waals surface area contributed by atoms with E-state index < -0.39 is 0 Å². The molecule has 116 valence electrons. The molecule has 0 saturated heterocycles. The van der Waals surface area contributed by atoms with Crippen molar-refractivity contribution in [2.45, 2.75) is 46.1 Å². The highest BCUT2D eigenvalue weighted by molar-refractivity contribution is 6.07. The number of hydrogen-bond acceptors (Lipinski definition) is 1. The van der Waals surface area contributed by atoms with E-state index in [9.17, 15) is 4.79 Å². The standard InChI is InChI=1S/C20H25NO/c1-14-11-16(13-20(2,3)12-14)21-19(22)18-10-6-8-15-7-4-5-9-17(15)18/h4-10,14,16H,11-13H2,1-3H3,(H,21,22)/t14-,16-/m1/s1. The molecular weight excluding hydrogens is 270 g/mol. The Kier molecular flexibility index (Phi) is 3.94. The van der Waals surface area contributed by atoms with Crippen LogP contribution in [0.25, 0.3) is 10.8 Å². The van der Waals surface area contributed by atoms with Crippen molar-refractivity contribution in [1.29, 1.82) is 0 Å². The zero-order valence-corrected chi connectivity index (χ0v) is 13.7. The molecule has 1 amide bonds. The monoisotopic (exact) mass is 295 g/mol. The Balaban J connectivity index is 1.82. The lowest BCUT2D eigenvalue weighted by Gasteiger charge is -2.39. The van der Waals surface area contributed by atoms with Crippen LogP contribution in [-0.4, -0.2) is 11.9 Å². The van der Waals surface area contributed by atoms with Crippen molar-refractivity contribution in [1.82, 2.24) is 5.32 Å². The summed E-state index contributed by atoms with van der Waals surface area (Å²) in [6.45, 7) is 6.90. The average molecular weight is 295 g/mol. The van der Waals surface area contributed by atoms with Crippen LogP contribution in [0.2, 0.25) is 0 Å². The van der Waals surface area contributed by atoms with E-state index in [1.165, 1.54) is 6.42 Å². The van der Waals surface area contributed by atoms with E-state index in [2.05, 4.69) is 38.2 Å². The lowest BCUT2D eigenvalue weighted by atomic mass is 9.70. The SMILES string of the molecule is C[C@@H]1C[C@@H](NC(=O)c2cccc3ccccc23)CC(C)(C)C1. The first kappa shape index (κ1) is 15.1. The van der Waals surface area contributed by atoms with Crippen molar-refractivity contribution in [3.05, 3.63) is 48.0 Å². The van der Waals surface area contributed by atoms with E-state index in [1.807, 2.05) is 30.3 Å². The maximum Gasteiger partial charge on any atom is 0.252 e. The van der Waals surface area contributed by atoms with Crippen LogP contribution in [-0.2, 0) is 0 Å². The summed E-state index contributed by atoms with van der Waals surface area (Å²) in [7, 11) is 0. The van der Waals surface area contributed by atoms with E-state index in [1.54, 1.807) is 0 Å². The van der Waals surface area contributed by atoms with Gasteiger partial charge in [-0.2, -0.15) is 0 Å². The maximum absolute atomic E-state index is 12.7. The van der Waals surface area contributed by atoms with Gasteiger partial charge < -0.3 is 5.32 Å². The summed E-state index contributed by atoms with van der Waals surface area (Å²) in [5.41, 5.74) is 1.10. The highest BCUT2D eigenvalue weighted by Gasteiger charge is 2.32. The van der Waals surface area contributed by atoms with Gasteiger partial charge in [-0.25, -0.2) is 0 Å². The minimum Gasteiger partial charge on any atom is -0.349 e. The van der Waals surface area contributed by atoms with Crippen molar-refractivity contribution >= 4 is 16.7 Å². The van der Waals surface area contributed by atoms with Crippen molar-refractivity contribution in [2.75, 3.05) is 0 Å². The predicted octanol–water partition coefficient (Wildman–Crippen LogP) is 4.78. The van der Waals surface area contributed by atoms with Crippen molar-refractivity contribution in [2.24, 2.45) is 11.3 Å². The molecule has 0 radical (unpaired) electrons. The summed E-state index contributed by atoms with van der Waals surface area (Å²) in [6, 6.07) is 14.3. The first-order valence-corrected chi connectivity index (χ1v) is 8.23. The van der Waals surface area contributed by atoms with Gasteiger partial charge >= 0.3 is 0 Å². The van der Waals surface area contributed by atoms with Gasteiger partial charge in [-0.3, -0.25) is 4.79 Å². The molecule has 1 fully saturated rings. The zero-order chi connectivity index (χ0) is 15.7. The van der Waals surface area contributed by atoms with Gasteiger partial charge in [0.15, 0.2) is 0 Å². The third-order valence-corrected chi connectivity index (χ3v) is 4.76. The van der Waals surface area contributed by atoms with Gasteiger partial charge in [-0.05, 0) is 47.4 Å². The second-order valence-electron chi connectivity index (χ2n) is 7.61. The van der Waals surface area contributed by atoms with Crippen LogP contribution in [0, 0.1) is 11.3 Å². The molecule has 2 nitrogen and oxygen atoms in total. The van der Waals surface area contributed by atoms with Crippen LogP contribution in [0.15, 0.2) is 42.5 Å². The molecule has 0 unspecified atom stereocenters. The maximum atomic E-state index is 12.7. The summed E-state index contributed by atoms with van der Waals surface area (Å²) >= 11 is 0. The molecule has 3 rings (SSSR count). The lowest BCUT2D eigenvalue weighted by Crippen LogP contribution is -2.43. The molecule has 0 aliphatic heterocycles. The van der Waals surface area contributed by atoms with Gasteiger partial charge in [-0.1, -0.05) is 57.2 Å². The first-order valence-electron chi connectivity index (χ1n) is 8.23. The highest BCUT2D eigenvalue weighted by Crippen LogP contribution is 2.38. The third-order valence-electron chi connectivity index (χ3n) is 4.76. The fraction of sp³-hybridized carbons (Fsp3) is 0.450. The molecule has 2 heteroatoms. The van der Waals surface area contributed by atoms with Gasteiger partial charge in [-0.15, -0.1) is 0 Å². The molecule has 0 heterocycles. The molecule has 0 aromatic heterocycles. The van der Waals surface area contributed by atoms with Crippen LogP contribution in [0.1, 0.15) is 50.4 Å². The Hall–Kier alpha value is -1.83. The number of fused-ring (bicyclic) bond motifs is 1. The van der Waals surface area contributed by atoms with Crippen LogP contribution in [0.4, 0.5) is 0 Å². The van der Waals surface area contributed by atoms with Crippen LogP contribution in [0.5, 0.6) is 0 Å². The van der Waals surface area contributed by atoms with Gasteiger partial charge in [0.05, 0.1) is 0 Å². The number of rotatable bonds is 2. The quantitative estimate of drug-likeness (QED) is 0.848. The zero-order valence-electron chi connectivity index (χ0n) is 13.7. The van der Waals surface area contributed by atoms with E-state index in [0.29, 0.717) is 11.3 Å². The van der Waals surface area contributed by atoms with Crippen LogP contribution >= 0.6 is 0 Å².